The molecular formula is C39H56N2O7. The van der Waals surface area contributed by atoms with E-state index in [1.54, 1.807) is 0 Å². The summed E-state index contributed by atoms with van der Waals surface area (Å²) >= 11 is 0. The average molecular weight is 665 g/mol. The van der Waals surface area contributed by atoms with Gasteiger partial charge in [-0.1, -0.05) is 44.7 Å². The van der Waals surface area contributed by atoms with Crippen LogP contribution in [0.1, 0.15) is 151 Å². The third-order valence-electron chi connectivity index (χ3n) is 9.21. The average Bonchev–Trinajstić information content (AvgIpc) is 3.08. The molecule has 0 radical (unpaired) electrons. The summed E-state index contributed by atoms with van der Waals surface area (Å²) in [6, 6.07) is 11.5. The number of anilines is 2. The predicted molar refractivity (Wildman–Crippen MR) is 189 cm³/mol. The van der Waals surface area contributed by atoms with Crippen molar-refractivity contribution >= 4 is 34.8 Å². The Balaban J connectivity index is 0.000000260. The van der Waals surface area contributed by atoms with Gasteiger partial charge in [-0.15, -0.1) is 0 Å². The molecule has 2 unspecified atom stereocenters. The van der Waals surface area contributed by atoms with Crippen molar-refractivity contribution < 1.29 is 34.5 Å². The van der Waals surface area contributed by atoms with Gasteiger partial charge in [-0.25, -0.2) is 0 Å². The summed E-state index contributed by atoms with van der Waals surface area (Å²) in [4.78, 5) is 46.1. The van der Waals surface area contributed by atoms with Gasteiger partial charge in [-0.05, 0) is 111 Å². The van der Waals surface area contributed by atoms with Gasteiger partial charge in [-0.3, -0.25) is 19.2 Å². The first kappa shape index (κ1) is 39.0. The Morgan fingerprint density at radius 1 is 0.625 bits per heavy atom. The van der Waals surface area contributed by atoms with Crippen molar-refractivity contribution in [1.82, 2.24) is 0 Å². The van der Waals surface area contributed by atoms with Crippen molar-refractivity contribution in [3.63, 3.8) is 0 Å². The summed E-state index contributed by atoms with van der Waals surface area (Å²) in [7, 11) is 0. The molecule has 48 heavy (non-hydrogen) atoms. The first-order valence-electron chi connectivity index (χ1n) is 18.1. The summed E-state index contributed by atoms with van der Waals surface area (Å²) < 4.78 is 0. The van der Waals surface area contributed by atoms with E-state index < -0.39 is 0 Å². The normalized spacial score (nSPS) is 16.5. The summed E-state index contributed by atoms with van der Waals surface area (Å²) in [5, 5.41) is 34.4. The molecule has 9 nitrogen and oxygen atoms in total. The molecule has 264 valence electrons. The summed E-state index contributed by atoms with van der Waals surface area (Å²) in [6.07, 6.45) is 14.6. The van der Waals surface area contributed by atoms with Crippen LogP contribution >= 0.6 is 0 Å². The highest BCUT2D eigenvalue weighted by molar-refractivity contribution is 5.91. The van der Waals surface area contributed by atoms with Gasteiger partial charge < -0.3 is 26.0 Å². The molecule has 0 saturated heterocycles. The lowest BCUT2D eigenvalue weighted by atomic mass is 9.89. The number of hydrogen-bond donors (Lipinski definition) is 5. The fourth-order valence-corrected chi connectivity index (χ4v) is 6.36. The predicted octanol–water partition coefficient (Wildman–Crippen LogP) is 7.21. The van der Waals surface area contributed by atoms with Crippen LogP contribution in [-0.4, -0.2) is 45.3 Å². The number of aliphatic hydroxyl groups is 3. The lowest BCUT2D eigenvalue weighted by Crippen LogP contribution is -2.13. The monoisotopic (exact) mass is 664 g/mol. The van der Waals surface area contributed by atoms with E-state index in [1.165, 1.54) is 0 Å². The lowest BCUT2D eigenvalue weighted by Gasteiger charge is -2.22. The van der Waals surface area contributed by atoms with Gasteiger partial charge in [0.1, 0.15) is 12.4 Å². The number of amides is 2. The van der Waals surface area contributed by atoms with Crippen LogP contribution < -0.4 is 10.6 Å². The van der Waals surface area contributed by atoms with E-state index in [4.69, 9.17) is 5.11 Å². The van der Waals surface area contributed by atoms with Gasteiger partial charge in [0.2, 0.25) is 11.8 Å². The second kappa shape index (κ2) is 21.5. The summed E-state index contributed by atoms with van der Waals surface area (Å²) in [5.41, 5.74) is 5.87. The number of Topliss-reactive ketones (excluding diaryl/α,β-unsaturated/α-hetero) is 2. The number of hydrogen-bond acceptors (Lipinski definition) is 7. The van der Waals surface area contributed by atoms with Gasteiger partial charge in [0.25, 0.3) is 0 Å². The highest BCUT2D eigenvalue weighted by atomic mass is 16.3. The Morgan fingerprint density at radius 3 is 1.46 bits per heavy atom. The Morgan fingerprint density at radius 2 is 1.04 bits per heavy atom. The van der Waals surface area contributed by atoms with E-state index in [-0.39, 0.29) is 36.4 Å². The number of carbonyl (C=O) groups excluding carboxylic acids is 4. The van der Waals surface area contributed by atoms with E-state index in [9.17, 15) is 29.4 Å². The van der Waals surface area contributed by atoms with Crippen LogP contribution in [-0.2, 0) is 32.0 Å². The molecule has 0 heterocycles. The molecule has 4 rings (SSSR count). The zero-order valence-corrected chi connectivity index (χ0v) is 28.7. The Hall–Kier alpha value is -3.40. The highest BCUT2D eigenvalue weighted by Gasteiger charge is 2.19. The van der Waals surface area contributed by atoms with Crippen LogP contribution in [0.25, 0.3) is 0 Å². The molecule has 0 aromatic heterocycles. The molecule has 0 bridgehead atoms. The third-order valence-corrected chi connectivity index (χ3v) is 9.21. The third kappa shape index (κ3) is 14.0. The SMILES string of the molecule is CCC(=O)CCCCCCC(=O)Nc1ccc2c(c1)CCCC2O.O=C(CO)CCCCCCC(=O)Nc1ccc2c(c1)CCCC2O. The van der Waals surface area contributed by atoms with E-state index in [1.807, 2.05) is 43.3 Å². The molecule has 2 aromatic rings. The van der Waals surface area contributed by atoms with Crippen molar-refractivity contribution in [2.24, 2.45) is 0 Å². The van der Waals surface area contributed by atoms with Crippen LogP contribution in [0.15, 0.2) is 36.4 Å². The number of benzene rings is 2. The molecular weight excluding hydrogens is 608 g/mol. The molecule has 2 aromatic carbocycles. The molecule has 0 fully saturated rings. The molecule has 2 atom stereocenters. The number of aliphatic hydroxyl groups excluding tert-OH is 3. The largest absolute Gasteiger partial charge is 0.389 e. The standard InChI is InChI=1S/C20H29NO3.C19H27NO4/c1-2-17(22)9-5-3-4-6-11-20(24)21-16-12-13-18-15(14-16)8-7-10-19(18)23;21-13-16(22)7-3-1-2-4-9-19(24)20-15-10-11-17-14(12-15)6-5-8-18(17)23/h12-14,19,23H,2-11H2,1H3,(H,21,24);10-12,18,21,23H,1-9,13H2,(H,20,24). The minimum Gasteiger partial charge on any atom is -0.389 e. The van der Waals surface area contributed by atoms with Gasteiger partial charge in [-0.2, -0.15) is 0 Å². The van der Waals surface area contributed by atoms with Crippen LogP contribution in [0.5, 0.6) is 0 Å². The molecule has 0 saturated carbocycles. The molecule has 2 aliphatic rings. The number of ketones is 2. The van der Waals surface area contributed by atoms with E-state index in [0.717, 1.165) is 124 Å². The highest BCUT2D eigenvalue weighted by Crippen LogP contribution is 2.32. The maximum Gasteiger partial charge on any atom is 0.224 e. The molecule has 2 amide bonds. The van der Waals surface area contributed by atoms with Gasteiger partial charge >= 0.3 is 0 Å². The lowest BCUT2D eigenvalue weighted by molar-refractivity contribution is -0.122. The molecule has 2 aliphatic carbocycles. The van der Waals surface area contributed by atoms with Crippen LogP contribution in [0, 0.1) is 0 Å². The minimum absolute atomic E-state index is 0.00209. The van der Waals surface area contributed by atoms with E-state index >= 15 is 0 Å². The summed E-state index contributed by atoms with van der Waals surface area (Å²) in [5.74, 6) is 0.240. The number of fused-ring (bicyclic) bond motifs is 2. The number of unbranched alkanes of at least 4 members (excludes halogenated alkanes) is 6. The van der Waals surface area contributed by atoms with Crippen LogP contribution in [0.2, 0.25) is 0 Å². The molecule has 0 aliphatic heterocycles. The maximum atomic E-state index is 12.0. The number of nitrogens with one attached hydrogen (secondary N) is 2. The fourth-order valence-electron chi connectivity index (χ4n) is 6.36. The van der Waals surface area contributed by atoms with Crippen molar-refractivity contribution in [3.05, 3.63) is 58.7 Å². The first-order valence-corrected chi connectivity index (χ1v) is 18.1. The summed E-state index contributed by atoms with van der Waals surface area (Å²) in [6.45, 7) is 1.52. The quantitative estimate of drug-likeness (QED) is 0.106. The van der Waals surface area contributed by atoms with Gasteiger partial charge in [0.15, 0.2) is 5.78 Å². The Bertz CT molecular complexity index is 1240. The smallest absolute Gasteiger partial charge is 0.224 e. The van der Waals surface area contributed by atoms with Gasteiger partial charge in [0, 0.05) is 43.5 Å². The van der Waals surface area contributed by atoms with Crippen molar-refractivity contribution in [3.8, 4) is 0 Å². The fraction of sp³-hybridized carbons (Fsp3) is 0.590. The van der Waals surface area contributed by atoms with Crippen molar-refractivity contribution in [2.45, 2.75) is 141 Å². The molecule has 0 spiro atoms. The second-order valence-electron chi connectivity index (χ2n) is 13.2. The number of carbonyl (C=O) groups is 4. The Kier molecular flexibility index (Phi) is 17.5. The molecule has 9 heteroatoms. The first-order chi connectivity index (χ1) is 23.2. The zero-order chi connectivity index (χ0) is 34.7. The van der Waals surface area contributed by atoms with E-state index in [2.05, 4.69) is 10.6 Å². The van der Waals surface area contributed by atoms with E-state index in [0.29, 0.717) is 37.9 Å². The topological polar surface area (TPSA) is 153 Å². The second-order valence-corrected chi connectivity index (χ2v) is 13.2. The maximum absolute atomic E-state index is 12.0. The zero-order valence-electron chi connectivity index (χ0n) is 28.7. The van der Waals surface area contributed by atoms with Crippen molar-refractivity contribution in [1.29, 1.82) is 0 Å². The van der Waals surface area contributed by atoms with Crippen LogP contribution in [0.3, 0.4) is 0 Å². The molecule has 5 N–H and O–H groups in total. The Labute approximate surface area is 285 Å². The van der Waals surface area contributed by atoms with Crippen molar-refractivity contribution in [2.75, 3.05) is 17.2 Å². The minimum atomic E-state index is -0.379. The number of aryl methyl sites for hydroxylation is 2. The van der Waals surface area contributed by atoms with Gasteiger partial charge in [0.05, 0.1) is 12.2 Å². The number of rotatable bonds is 18. The van der Waals surface area contributed by atoms with Crippen LogP contribution in [0.4, 0.5) is 11.4 Å².